The highest BCUT2D eigenvalue weighted by Gasteiger charge is 2.25. The molecule has 1 saturated heterocycles. The van der Waals surface area contributed by atoms with Crippen LogP contribution >= 0.6 is 0 Å². The molecule has 0 aliphatic carbocycles. The van der Waals surface area contributed by atoms with Gasteiger partial charge in [-0.05, 0) is 64.2 Å². The summed E-state index contributed by atoms with van der Waals surface area (Å²) >= 11 is 0. The molecule has 1 fully saturated rings. The Morgan fingerprint density at radius 1 is 1.31 bits per heavy atom. The Balaban J connectivity index is 1.57. The SMILES string of the molecule is CC(C)(C)OC(=O)N1CC=C(c2cc3c(cnn3C3CCCCO3)cc2F)CC1. The van der Waals surface area contributed by atoms with Crippen molar-refractivity contribution in [3.05, 3.63) is 35.8 Å². The quantitative estimate of drug-likeness (QED) is 0.718. The average molecular weight is 401 g/mol. The number of carbonyl (C=O) groups is 1. The van der Waals surface area contributed by atoms with E-state index in [1.807, 2.05) is 37.6 Å². The van der Waals surface area contributed by atoms with Crippen LogP contribution in [0.3, 0.4) is 0 Å². The molecule has 1 unspecified atom stereocenters. The van der Waals surface area contributed by atoms with Crippen LogP contribution in [0.15, 0.2) is 24.4 Å². The lowest BCUT2D eigenvalue weighted by Crippen LogP contribution is -2.39. The van der Waals surface area contributed by atoms with Crippen LogP contribution in [0.25, 0.3) is 16.5 Å². The predicted molar refractivity (Wildman–Crippen MR) is 109 cm³/mol. The Bertz CT molecular complexity index is 939. The number of benzene rings is 1. The lowest BCUT2D eigenvalue weighted by atomic mass is 9.98. The molecule has 2 aromatic rings. The van der Waals surface area contributed by atoms with Crippen LogP contribution in [0.1, 0.15) is 58.2 Å². The summed E-state index contributed by atoms with van der Waals surface area (Å²) in [7, 11) is 0. The van der Waals surface area contributed by atoms with Gasteiger partial charge in [-0.25, -0.2) is 13.9 Å². The number of aromatic nitrogens is 2. The molecule has 1 aromatic carbocycles. The molecule has 1 atom stereocenters. The molecule has 3 heterocycles. The van der Waals surface area contributed by atoms with Gasteiger partial charge in [0.05, 0.1) is 11.7 Å². The molecule has 2 aliphatic rings. The molecule has 0 spiro atoms. The van der Waals surface area contributed by atoms with E-state index in [-0.39, 0.29) is 18.1 Å². The number of amides is 1. The summed E-state index contributed by atoms with van der Waals surface area (Å²) in [6.45, 7) is 7.18. The third-order valence-electron chi connectivity index (χ3n) is 5.32. The van der Waals surface area contributed by atoms with Crippen molar-refractivity contribution in [2.24, 2.45) is 0 Å². The molecule has 1 amide bonds. The molecular weight excluding hydrogens is 373 g/mol. The second-order valence-electron chi connectivity index (χ2n) is 8.71. The van der Waals surface area contributed by atoms with Gasteiger partial charge in [-0.2, -0.15) is 5.10 Å². The molecule has 0 radical (unpaired) electrons. The summed E-state index contributed by atoms with van der Waals surface area (Å²) in [6, 6.07) is 3.41. The maximum atomic E-state index is 14.8. The van der Waals surface area contributed by atoms with Crippen molar-refractivity contribution >= 4 is 22.6 Å². The number of halogens is 1. The number of hydrogen-bond donors (Lipinski definition) is 0. The number of fused-ring (bicyclic) bond motifs is 1. The van der Waals surface area contributed by atoms with Gasteiger partial charge < -0.3 is 14.4 Å². The second-order valence-corrected chi connectivity index (χ2v) is 8.71. The number of rotatable bonds is 2. The fourth-order valence-corrected chi connectivity index (χ4v) is 3.86. The first-order valence-corrected chi connectivity index (χ1v) is 10.3. The van der Waals surface area contributed by atoms with Crippen molar-refractivity contribution in [2.45, 2.75) is 58.3 Å². The molecule has 7 heteroatoms. The molecule has 0 bridgehead atoms. The van der Waals surface area contributed by atoms with E-state index in [9.17, 15) is 9.18 Å². The van der Waals surface area contributed by atoms with E-state index in [4.69, 9.17) is 9.47 Å². The van der Waals surface area contributed by atoms with E-state index in [1.165, 1.54) is 6.07 Å². The molecule has 2 aliphatic heterocycles. The van der Waals surface area contributed by atoms with E-state index in [0.29, 0.717) is 25.1 Å². The summed E-state index contributed by atoms with van der Waals surface area (Å²) in [5.41, 5.74) is 1.82. The van der Waals surface area contributed by atoms with Gasteiger partial charge in [0.1, 0.15) is 11.4 Å². The zero-order valence-corrected chi connectivity index (χ0v) is 17.3. The number of carbonyl (C=O) groups excluding carboxylic acids is 1. The smallest absolute Gasteiger partial charge is 0.410 e. The minimum absolute atomic E-state index is 0.0949. The van der Waals surface area contributed by atoms with Crippen LogP contribution in [0.4, 0.5) is 9.18 Å². The molecule has 6 nitrogen and oxygen atoms in total. The average Bonchev–Trinajstić information content (AvgIpc) is 3.09. The number of nitrogens with zero attached hydrogens (tertiary/aromatic N) is 3. The molecule has 0 N–H and O–H groups in total. The van der Waals surface area contributed by atoms with Gasteiger partial charge >= 0.3 is 6.09 Å². The normalized spacial score (nSPS) is 20.6. The van der Waals surface area contributed by atoms with Crippen molar-refractivity contribution in [3.63, 3.8) is 0 Å². The minimum atomic E-state index is -0.530. The second kappa shape index (κ2) is 7.78. The summed E-state index contributed by atoms with van der Waals surface area (Å²) in [6.07, 6.45) is 6.84. The van der Waals surface area contributed by atoms with Gasteiger partial charge in [0.25, 0.3) is 0 Å². The van der Waals surface area contributed by atoms with Crippen molar-refractivity contribution < 1.29 is 18.7 Å². The summed E-state index contributed by atoms with van der Waals surface area (Å²) in [5, 5.41) is 5.22. The van der Waals surface area contributed by atoms with Gasteiger partial charge in [-0.15, -0.1) is 0 Å². The molecule has 4 rings (SSSR count). The van der Waals surface area contributed by atoms with Gasteiger partial charge in [-0.3, -0.25) is 0 Å². The Kier molecular flexibility index (Phi) is 5.34. The van der Waals surface area contributed by atoms with Crippen LogP contribution in [-0.4, -0.2) is 46.1 Å². The Morgan fingerprint density at radius 2 is 2.14 bits per heavy atom. The standard InChI is InChI=1S/C22H28FN3O3/c1-22(2,3)29-21(27)25-9-7-15(8-10-25)17-13-19-16(12-18(17)23)14-24-26(19)20-6-4-5-11-28-20/h7,12-14,20H,4-6,8-11H2,1-3H3. The van der Waals surface area contributed by atoms with Crippen molar-refractivity contribution in [3.8, 4) is 0 Å². The lowest BCUT2D eigenvalue weighted by Gasteiger charge is -2.29. The molecule has 29 heavy (non-hydrogen) atoms. The molecular formula is C22H28FN3O3. The topological polar surface area (TPSA) is 56.6 Å². The van der Waals surface area contributed by atoms with Gasteiger partial charge in [0.2, 0.25) is 0 Å². The van der Waals surface area contributed by atoms with E-state index in [1.54, 1.807) is 11.1 Å². The fourth-order valence-electron chi connectivity index (χ4n) is 3.86. The predicted octanol–water partition coefficient (Wildman–Crippen LogP) is 4.90. The first kappa shape index (κ1) is 19.9. The van der Waals surface area contributed by atoms with Crippen molar-refractivity contribution in [1.29, 1.82) is 0 Å². The third-order valence-corrected chi connectivity index (χ3v) is 5.32. The highest BCUT2D eigenvalue weighted by atomic mass is 19.1. The van der Waals surface area contributed by atoms with Crippen LogP contribution in [-0.2, 0) is 9.47 Å². The minimum Gasteiger partial charge on any atom is -0.444 e. The summed E-state index contributed by atoms with van der Waals surface area (Å²) < 4.78 is 28.0. The van der Waals surface area contributed by atoms with Crippen LogP contribution in [0, 0.1) is 5.82 Å². The molecule has 1 aromatic heterocycles. The van der Waals surface area contributed by atoms with Crippen LogP contribution in [0.5, 0.6) is 0 Å². The highest BCUT2D eigenvalue weighted by Crippen LogP contribution is 2.32. The Hall–Kier alpha value is -2.41. The first-order valence-electron chi connectivity index (χ1n) is 10.3. The van der Waals surface area contributed by atoms with Crippen LogP contribution in [0.2, 0.25) is 0 Å². The van der Waals surface area contributed by atoms with E-state index < -0.39 is 5.60 Å². The zero-order chi connectivity index (χ0) is 20.6. The van der Waals surface area contributed by atoms with Gasteiger partial charge in [0.15, 0.2) is 6.23 Å². The molecule has 156 valence electrons. The van der Waals surface area contributed by atoms with Gasteiger partial charge in [0, 0.05) is 30.6 Å². The summed E-state index contributed by atoms with van der Waals surface area (Å²) in [5.74, 6) is -0.265. The van der Waals surface area contributed by atoms with Crippen LogP contribution < -0.4 is 0 Å². The largest absolute Gasteiger partial charge is 0.444 e. The monoisotopic (exact) mass is 401 g/mol. The van der Waals surface area contributed by atoms with Crippen molar-refractivity contribution in [2.75, 3.05) is 19.7 Å². The third kappa shape index (κ3) is 4.29. The van der Waals surface area contributed by atoms with E-state index in [2.05, 4.69) is 5.10 Å². The first-order chi connectivity index (χ1) is 13.8. The van der Waals surface area contributed by atoms with Crippen molar-refractivity contribution in [1.82, 2.24) is 14.7 Å². The fraction of sp³-hybridized carbons (Fsp3) is 0.545. The maximum absolute atomic E-state index is 14.8. The number of ether oxygens (including phenoxy) is 2. The molecule has 0 saturated carbocycles. The highest BCUT2D eigenvalue weighted by molar-refractivity contribution is 5.84. The van der Waals surface area contributed by atoms with Gasteiger partial charge in [-0.1, -0.05) is 6.08 Å². The Labute approximate surface area is 170 Å². The Morgan fingerprint density at radius 3 is 2.79 bits per heavy atom. The maximum Gasteiger partial charge on any atom is 0.410 e. The van der Waals surface area contributed by atoms with E-state index >= 15 is 0 Å². The van der Waals surface area contributed by atoms with E-state index in [0.717, 1.165) is 42.3 Å². The number of hydrogen-bond acceptors (Lipinski definition) is 4. The zero-order valence-electron chi connectivity index (χ0n) is 17.3. The lowest BCUT2D eigenvalue weighted by molar-refractivity contribution is -0.0366. The summed E-state index contributed by atoms with van der Waals surface area (Å²) in [4.78, 5) is 13.9.